The van der Waals surface area contributed by atoms with Crippen LogP contribution in [0.15, 0.2) is 59.3 Å². The Kier molecular flexibility index (Phi) is 4.46. The number of pyridine rings is 1. The number of nitrogens with zero attached hydrogens (tertiary/aromatic N) is 3. The monoisotopic (exact) mass is 365 g/mol. The van der Waals surface area contributed by atoms with Crippen LogP contribution in [0.1, 0.15) is 22.9 Å². The van der Waals surface area contributed by atoms with Gasteiger partial charge in [-0.3, -0.25) is 4.98 Å². The molecule has 0 saturated heterocycles. The molecule has 0 unspecified atom stereocenters. The molecule has 4 rings (SSSR count). The van der Waals surface area contributed by atoms with Gasteiger partial charge in [0, 0.05) is 23.9 Å². The predicted molar refractivity (Wildman–Crippen MR) is 99.2 cm³/mol. The molecule has 2 aromatic carbocycles. The number of hydrogen-bond acceptors (Lipinski definition) is 4. The number of benzene rings is 2. The maximum absolute atomic E-state index is 13.1. The van der Waals surface area contributed by atoms with Crippen molar-refractivity contribution in [3.05, 3.63) is 88.6 Å². The number of rotatable bonds is 4. The molecule has 128 valence electrons. The van der Waals surface area contributed by atoms with E-state index in [0.717, 1.165) is 16.3 Å². The Labute approximate surface area is 154 Å². The summed E-state index contributed by atoms with van der Waals surface area (Å²) in [7, 11) is 0. The molecule has 0 atom stereocenters. The lowest BCUT2D eigenvalue weighted by Crippen LogP contribution is -1.91. The molecule has 0 amide bonds. The lowest BCUT2D eigenvalue weighted by atomic mass is 10.1. The third-order valence-corrected chi connectivity index (χ3v) is 4.27. The summed E-state index contributed by atoms with van der Waals surface area (Å²) in [6.45, 7) is 0. The fraction of sp³-hybridized carbons (Fsp3) is 0.0500. The third-order valence-electron chi connectivity index (χ3n) is 3.94. The average molecular weight is 366 g/mol. The van der Waals surface area contributed by atoms with Crippen LogP contribution in [0.3, 0.4) is 0 Å². The summed E-state index contributed by atoms with van der Waals surface area (Å²) < 4.78 is 18.7. The first-order chi connectivity index (χ1) is 12.7. The van der Waals surface area contributed by atoms with E-state index >= 15 is 0 Å². The summed E-state index contributed by atoms with van der Waals surface area (Å²) in [6, 6.07) is 12.2. The van der Waals surface area contributed by atoms with Crippen LogP contribution in [0.4, 0.5) is 4.39 Å². The van der Waals surface area contributed by atoms with E-state index in [1.807, 2.05) is 30.5 Å². The van der Waals surface area contributed by atoms with Crippen LogP contribution in [0.2, 0.25) is 5.02 Å². The summed E-state index contributed by atoms with van der Waals surface area (Å²) >= 11 is 6.00. The molecule has 0 bridgehead atoms. The van der Waals surface area contributed by atoms with Gasteiger partial charge in [0.05, 0.1) is 11.4 Å². The van der Waals surface area contributed by atoms with Crippen LogP contribution in [0.5, 0.6) is 0 Å². The highest BCUT2D eigenvalue weighted by molar-refractivity contribution is 6.32. The molecule has 0 aliphatic rings. The molecular weight excluding hydrogens is 353 g/mol. The van der Waals surface area contributed by atoms with Crippen molar-refractivity contribution in [2.24, 2.45) is 0 Å². The standard InChI is InChI=1S/C20H13ClFN3O/c21-18-10-16(22)7-5-13(18)6-8-19-24-25-20(26-19)9-15-12-23-11-14-3-1-2-4-17(14)15/h1-8,10-12H,9H2. The SMILES string of the molecule is Fc1ccc(C=Cc2nnc(Cc3cncc4ccccc34)o2)c(Cl)c1. The van der Waals surface area contributed by atoms with E-state index < -0.39 is 0 Å². The van der Waals surface area contributed by atoms with Crippen molar-refractivity contribution >= 4 is 34.5 Å². The first kappa shape index (κ1) is 16.4. The second kappa shape index (κ2) is 7.06. The van der Waals surface area contributed by atoms with Crippen LogP contribution in [0, 0.1) is 5.82 Å². The van der Waals surface area contributed by atoms with Gasteiger partial charge in [0.25, 0.3) is 0 Å². The molecule has 26 heavy (non-hydrogen) atoms. The Balaban J connectivity index is 1.55. The molecule has 4 nitrogen and oxygen atoms in total. The molecule has 0 aliphatic carbocycles. The maximum Gasteiger partial charge on any atom is 0.240 e. The molecule has 2 heterocycles. The van der Waals surface area contributed by atoms with Gasteiger partial charge in [0.15, 0.2) is 0 Å². The van der Waals surface area contributed by atoms with Crippen molar-refractivity contribution in [2.75, 3.05) is 0 Å². The van der Waals surface area contributed by atoms with Crippen molar-refractivity contribution in [3.8, 4) is 0 Å². The van der Waals surface area contributed by atoms with E-state index in [1.54, 1.807) is 24.4 Å². The second-order valence-electron chi connectivity index (χ2n) is 5.73. The Hall–Kier alpha value is -3.05. The first-order valence-corrected chi connectivity index (χ1v) is 8.34. The van der Waals surface area contributed by atoms with E-state index in [0.29, 0.717) is 28.8 Å². The largest absolute Gasteiger partial charge is 0.421 e. The molecule has 4 aromatic rings. The highest BCUT2D eigenvalue weighted by Crippen LogP contribution is 2.21. The van der Waals surface area contributed by atoms with Crippen molar-refractivity contribution in [1.82, 2.24) is 15.2 Å². The third kappa shape index (κ3) is 3.48. The van der Waals surface area contributed by atoms with Gasteiger partial charge < -0.3 is 4.42 Å². The van der Waals surface area contributed by atoms with Crippen molar-refractivity contribution in [1.29, 1.82) is 0 Å². The predicted octanol–water partition coefficient (Wildman–Crippen LogP) is 5.17. The van der Waals surface area contributed by atoms with Crippen LogP contribution >= 0.6 is 11.6 Å². The first-order valence-electron chi connectivity index (χ1n) is 7.96. The topological polar surface area (TPSA) is 51.8 Å². The van der Waals surface area contributed by atoms with E-state index in [-0.39, 0.29) is 5.82 Å². The molecule has 6 heteroatoms. The Morgan fingerprint density at radius 2 is 1.92 bits per heavy atom. The fourth-order valence-electron chi connectivity index (χ4n) is 2.69. The van der Waals surface area contributed by atoms with Gasteiger partial charge in [-0.2, -0.15) is 0 Å². The molecule has 0 radical (unpaired) electrons. The maximum atomic E-state index is 13.1. The zero-order valence-electron chi connectivity index (χ0n) is 13.6. The van der Waals surface area contributed by atoms with Crippen LogP contribution in [-0.2, 0) is 6.42 Å². The summed E-state index contributed by atoms with van der Waals surface area (Å²) in [5.41, 5.74) is 1.69. The van der Waals surface area contributed by atoms with Crippen LogP contribution in [0.25, 0.3) is 22.9 Å². The van der Waals surface area contributed by atoms with Gasteiger partial charge in [-0.25, -0.2) is 4.39 Å². The Morgan fingerprint density at radius 1 is 1.04 bits per heavy atom. The summed E-state index contributed by atoms with van der Waals surface area (Å²) in [5.74, 6) is 0.470. The summed E-state index contributed by atoms with van der Waals surface area (Å²) in [5, 5.41) is 10.6. The van der Waals surface area contributed by atoms with E-state index in [9.17, 15) is 4.39 Å². The van der Waals surface area contributed by atoms with Gasteiger partial charge in [-0.05, 0) is 34.7 Å². The number of hydrogen-bond donors (Lipinski definition) is 0. The number of fused-ring (bicyclic) bond motifs is 1. The van der Waals surface area contributed by atoms with E-state index in [2.05, 4.69) is 15.2 Å². The van der Waals surface area contributed by atoms with Gasteiger partial charge in [-0.1, -0.05) is 41.9 Å². The molecular formula is C20H13ClFN3O. The van der Waals surface area contributed by atoms with Crippen molar-refractivity contribution in [2.45, 2.75) is 6.42 Å². The van der Waals surface area contributed by atoms with Crippen molar-refractivity contribution < 1.29 is 8.81 Å². The minimum atomic E-state index is -0.379. The van der Waals surface area contributed by atoms with Crippen LogP contribution < -0.4 is 0 Å². The molecule has 0 saturated carbocycles. The van der Waals surface area contributed by atoms with Crippen LogP contribution in [-0.4, -0.2) is 15.2 Å². The smallest absolute Gasteiger partial charge is 0.240 e. The Bertz CT molecular complexity index is 1100. The highest BCUT2D eigenvalue weighted by Gasteiger charge is 2.08. The van der Waals surface area contributed by atoms with E-state index in [1.165, 1.54) is 12.1 Å². The summed E-state index contributed by atoms with van der Waals surface area (Å²) in [4.78, 5) is 4.26. The lowest BCUT2D eigenvalue weighted by molar-refractivity contribution is 0.497. The average Bonchev–Trinajstić information content (AvgIpc) is 3.09. The second-order valence-corrected chi connectivity index (χ2v) is 6.14. The Morgan fingerprint density at radius 3 is 2.81 bits per heavy atom. The van der Waals surface area contributed by atoms with Gasteiger partial charge in [-0.15, -0.1) is 10.2 Å². The summed E-state index contributed by atoms with van der Waals surface area (Å²) in [6.07, 6.45) is 7.48. The van der Waals surface area contributed by atoms with E-state index in [4.69, 9.17) is 16.0 Å². The number of halogens is 2. The quantitative estimate of drug-likeness (QED) is 0.500. The molecule has 0 aliphatic heterocycles. The molecule has 0 fully saturated rings. The van der Waals surface area contributed by atoms with Gasteiger partial charge in [0.1, 0.15) is 5.82 Å². The molecule has 2 aromatic heterocycles. The van der Waals surface area contributed by atoms with Crippen molar-refractivity contribution in [3.63, 3.8) is 0 Å². The minimum Gasteiger partial charge on any atom is -0.421 e. The minimum absolute atomic E-state index is 0.322. The molecule has 0 spiro atoms. The van der Waals surface area contributed by atoms with Gasteiger partial charge in [0.2, 0.25) is 11.8 Å². The lowest BCUT2D eigenvalue weighted by Gasteiger charge is -2.02. The highest BCUT2D eigenvalue weighted by atomic mass is 35.5. The van der Waals surface area contributed by atoms with Gasteiger partial charge >= 0.3 is 0 Å². The zero-order chi connectivity index (χ0) is 17.9. The normalized spacial score (nSPS) is 11.5. The number of aromatic nitrogens is 3. The zero-order valence-corrected chi connectivity index (χ0v) is 14.3. The molecule has 0 N–H and O–H groups in total. The fourth-order valence-corrected chi connectivity index (χ4v) is 2.92.